The van der Waals surface area contributed by atoms with Gasteiger partial charge in [-0.2, -0.15) is 13.2 Å². The average molecular weight is 507 g/mol. The maximum absolute atomic E-state index is 12.8. The fourth-order valence-corrected chi connectivity index (χ4v) is 3.55. The predicted molar refractivity (Wildman–Crippen MR) is 120 cm³/mol. The first kappa shape index (κ1) is 29.4. The van der Waals surface area contributed by atoms with E-state index in [0.29, 0.717) is 0 Å². The number of hydrogen-bond donors (Lipinski definition) is 3. The molecule has 34 heavy (non-hydrogen) atoms. The van der Waals surface area contributed by atoms with E-state index in [2.05, 4.69) is 10.6 Å². The van der Waals surface area contributed by atoms with Gasteiger partial charge in [0, 0.05) is 6.92 Å². The highest BCUT2D eigenvalue weighted by Gasteiger charge is 2.36. The Morgan fingerprint density at radius 1 is 1.15 bits per heavy atom. The van der Waals surface area contributed by atoms with Crippen LogP contribution in [0.25, 0.3) is 0 Å². The van der Waals surface area contributed by atoms with E-state index < -0.39 is 53.0 Å². The van der Waals surface area contributed by atoms with E-state index in [1.54, 1.807) is 13.8 Å². The molecule has 12 heteroatoms. The van der Waals surface area contributed by atoms with Gasteiger partial charge in [-0.3, -0.25) is 14.4 Å². The summed E-state index contributed by atoms with van der Waals surface area (Å²) >= 11 is 0.831. The molecule has 1 aromatic carbocycles. The molecule has 3 N–H and O–H groups in total. The molecule has 0 spiro atoms. The van der Waals surface area contributed by atoms with Crippen molar-refractivity contribution in [2.24, 2.45) is 5.92 Å². The van der Waals surface area contributed by atoms with Crippen LogP contribution in [-0.4, -0.2) is 51.4 Å². The van der Waals surface area contributed by atoms with Crippen LogP contribution in [0, 0.1) is 5.92 Å². The van der Waals surface area contributed by atoms with Gasteiger partial charge in [-0.25, -0.2) is 4.79 Å². The van der Waals surface area contributed by atoms with Crippen LogP contribution in [0.1, 0.15) is 45.7 Å². The van der Waals surface area contributed by atoms with Crippen molar-refractivity contribution < 1.29 is 42.2 Å². The summed E-state index contributed by atoms with van der Waals surface area (Å²) in [6.07, 6.45) is -4.53. The highest BCUT2D eigenvalue weighted by atomic mass is 32.2. The minimum atomic E-state index is -4.53. The van der Waals surface area contributed by atoms with Crippen molar-refractivity contribution in [2.75, 3.05) is 6.61 Å². The maximum Gasteiger partial charge on any atom is 0.416 e. The number of alkyl halides is 3. The zero-order valence-electron chi connectivity index (χ0n) is 19.5. The molecule has 0 aliphatic heterocycles. The third kappa shape index (κ3) is 9.34. The van der Waals surface area contributed by atoms with E-state index in [1.807, 2.05) is 0 Å². The number of amides is 2. The van der Waals surface area contributed by atoms with Gasteiger partial charge in [0.15, 0.2) is 11.2 Å². The van der Waals surface area contributed by atoms with Gasteiger partial charge in [-0.05, 0) is 37.5 Å². The van der Waals surface area contributed by atoms with Gasteiger partial charge in [0.1, 0.15) is 5.54 Å². The summed E-state index contributed by atoms with van der Waals surface area (Å²) in [6, 6.07) is 2.88. The van der Waals surface area contributed by atoms with Crippen LogP contribution in [-0.2, 0) is 36.7 Å². The van der Waals surface area contributed by atoms with Crippen molar-refractivity contribution in [3.8, 4) is 0 Å². The van der Waals surface area contributed by atoms with Gasteiger partial charge in [0.25, 0.3) is 0 Å². The molecule has 1 rings (SSSR count). The number of rotatable bonds is 11. The zero-order chi connectivity index (χ0) is 26.3. The molecule has 1 aromatic rings. The van der Waals surface area contributed by atoms with Gasteiger partial charge < -0.3 is 20.5 Å². The van der Waals surface area contributed by atoms with E-state index in [-0.39, 0.29) is 23.2 Å². The first-order chi connectivity index (χ1) is 15.5. The molecular formula is C22H29F3N2O6S. The molecule has 0 heterocycles. The Bertz CT molecular complexity index is 905. The quantitative estimate of drug-likeness (QED) is 0.422. The van der Waals surface area contributed by atoms with Gasteiger partial charge >= 0.3 is 12.1 Å². The van der Waals surface area contributed by atoms with Gasteiger partial charge in [-0.15, -0.1) is 0 Å². The SMILES string of the molecule is CC(=O)S[C@H](C(=O)NC(C)(C)C(=O)N[C@@H](COCc1cccc(C(F)(F)F)c1)C(=O)O)C(C)C. The van der Waals surface area contributed by atoms with Crippen LogP contribution >= 0.6 is 11.8 Å². The molecule has 0 aliphatic carbocycles. The van der Waals surface area contributed by atoms with E-state index in [0.717, 1.165) is 23.9 Å². The van der Waals surface area contributed by atoms with Crippen LogP contribution in [0.15, 0.2) is 24.3 Å². The Hall–Kier alpha value is -2.60. The van der Waals surface area contributed by atoms with Crippen molar-refractivity contribution >= 4 is 34.7 Å². The minimum Gasteiger partial charge on any atom is -0.480 e. The Morgan fingerprint density at radius 3 is 2.26 bits per heavy atom. The van der Waals surface area contributed by atoms with E-state index in [9.17, 15) is 37.5 Å². The normalized spacial score (nSPS) is 13.8. The molecule has 2 atom stereocenters. The molecule has 0 bridgehead atoms. The number of ether oxygens (including phenoxy) is 1. The number of nitrogens with one attached hydrogen (secondary N) is 2. The van der Waals surface area contributed by atoms with Crippen molar-refractivity contribution in [3.63, 3.8) is 0 Å². The van der Waals surface area contributed by atoms with Crippen LogP contribution in [0.4, 0.5) is 13.2 Å². The Labute approximate surface area is 200 Å². The number of benzene rings is 1. The van der Waals surface area contributed by atoms with Crippen molar-refractivity contribution in [3.05, 3.63) is 35.4 Å². The monoisotopic (exact) mass is 506 g/mol. The molecule has 0 radical (unpaired) electrons. The summed E-state index contributed by atoms with van der Waals surface area (Å²) in [7, 11) is 0. The van der Waals surface area contributed by atoms with E-state index in [4.69, 9.17) is 4.74 Å². The molecule has 0 fully saturated rings. The second kappa shape index (κ2) is 12.2. The van der Waals surface area contributed by atoms with Crippen LogP contribution in [0.2, 0.25) is 0 Å². The number of carbonyl (C=O) groups is 4. The molecule has 0 aromatic heterocycles. The fourth-order valence-electron chi connectivity index (χ4n) is 2.75. The summed E-state index contributed by atoms with van der Waals surface area (Å²) in [4.78, 5) is 48.3. The number of carboxylic acid groups (broad SMARTS) is 1. The number of halogens is 3. The average Bonchev–Trinajstić information content (AvgIpc) is 2.69. The summed E-state index contributed by atoms with van der Waals surface area (Å²) in [6.45, 7) is 6.74. The van der Waals surface area contributed by atoms with Gasteiger partial charge in [-0.1, -0.05) is 37.7 Å². The largest absolute Gasteiger partial charge is 0.480 e. The Kier molecular flexibility index (Phi) is 10.6. The summed E-state index contributed by atoms with van der Waals surface area (Å²) in [5, 5.41) is 13.2. The molecule has 0 saturated carbocycles. The standard InChI is InChI=1S/C22H29F3N2O6S/c1-12(2)17(34-13(3)28)18(29)27-21(4,5)20(32)26-16(19(30)31)11-33-10-14-7-6-8-15(9-14)22(23,24)25/h6-9,12,16-17H,10-11H2,1-5H3,(H,26,32)(H,27,29)(H,30,31)/t16-,17-/m0/s1. The molecule has 190 valence electrons. The lowest BCUT2D eigenvalue weighted by Gasteiger charge is -2.29. The lowest BCUT2D eigenvalue weighted by Crippen LogP contribution is -2.60. The summed E-state index contributed by atoms with van der Waals surface area (Å²) in [5.74, 6) is -3.00. The third-order valence-electron chi connectivity index (χ3n) is 4.57. The van der Waals surface area contributed by atoms with Crippen molar-refractivity contribution in [2.45, 2.75) is 64.2 Å². The number of hydrogen-bond acceptors (Lipinski definition) is 6. The minimum absolute atomic E-state index is 0.181. The fraction of sp³-hybridized carbons (Fsp3) is 0.545. The second-order valence-corrected chi connectivity index (χ2v) is 9.78. The summed E-state index contributed by atoms with van der Waals surface area (Å²) in [5.41, 5.74) is -2.20. The van der Waals surface area contributed by atoms with Crippen LogP contribution < -0.4 is 10.6 Å². The van der Waals surface area contributed by atoms with Gasteiger partial charge in [0.05, 0.1) is 24.0 Å². The molecule has 0 aliphatic rings. The predicted octanol–water partition coefficient (Wildman–Crippen LogP) is 2.99. The molecular weight excluding hydrogens is 477 g/mol. The van der Waals surface area contributed by atoms with E-state index >= 15 is 0 Å². The molecule has 0 saturated heterocycles. The highest BCUT2D eigenvalue weighted by molar-refractivity contribution is 8.14. The van der Waals surface area contributed by atoms with Crippen LogP contribution in [0.5, 0.6) is 0 Å². The number of thioether (sulfide) groups is 1. The maximum atomic E-state index is 12.8. The first-order valence-electron chi connectivity index (χ1n) is 10.3. The molecule has 8 nitrogen and oxygen atoms in total. The summed E-state index contributed by atoms with van der Waals surface area (Å²) < 4.78 is 43.7. The van der Waals surface area contributed by atoms with Crippen molar-refractivity contribution in [1.29, 1.82) is 0 Å². The second-order valence-electron chi connectivity index (χ2n) is 8.47. The highest BCUT2D eigenvalue weighted by Crippen LogP contribution is 2.29. The smallest absolute Gasteiger partial charge is 0.416 e. The Morgan fingerprint density at radius 2 is 1.76 bits per heavy atom. The number of carbonyl (C=O) groups excluding carboxylic acids is 3. The third-order valence-corrected chi connectivity index (χ3v) is 5.92. The lowest BCUT2D eigenvalue weighted by atomic mass is 10.0. The number of aliphatic carboxylic acids is 1. The lowest BCUT2D eigenvalue weighted by molar-refractivity contribution is -0.145. The molecule has 2 amide bonds. The van der Waals surface area contributed by atoms with Crippen LogP contribution in [0.3, 0.4) is 0 Å². The van der Waals surface area contributed by atoms with Gasteiger partial charge in [0.2, 0.25) is 11.8 Å². The number of carboxylic acids is 1. The first-order valence-corrected chi connectivity index (χ1v) is 11.2. The Balaban J connectivity index is 2.77. The van der Waals surface area contributed by atoms with E-state index in [1.165, 1.54) is 32.9 Å². The molecule has 0 unspecified atom stereocenters. The zero-order valence-corrected chi connectivity index (χ0v) is 20.3. The van der Waals surface area contributed by atoms with Crippen molar-refractivity contribution in [1.82, 2.24) is 10.6 Å². The topological polar surface area (TPSA) is 122 Å².